The molecule has 2 amide bonds. The van der Waals surface area contributed by atoms with Crippen LogP contribution in [0.4, 0.5) is 4.39 Å². The Bertz CT molecular complexity index is 475. The Hall–Kier alpha value is -1.69. The normalized spacial score (nSPS) is 10.5. The maximum absolute atomic E-state index is 13.3. The molecule has 0 saturated heterocycles. The lowest BCUT2D eigenvalue weighted by molar-refractivity contribution is -0.122. The largest absolute Gasteiger partial charge is 0.368 e. The molecule has 0 fully saturated rings. The van der Waals surface area contributed by atoms with E-state index < -0.39 is 17.6 Å². The second-order valence-electron chi connectivity index (χ2n) is 3.18. The van der Waals surface area contributed by atoms with E-state index in [1.54, 1.807) is 6.07 Å². The molecule has 0 atom stereocenters. The number of halogens is 2. The molecule has 0 aliphatic heterocycles. The van der Waals surface area contributed by atoms with Gasteiger partial charge in [-0.05, 0) is 24.3 Å². The van der Waals surface area contributed by atoms with Crippen LogP contribution in [0.1, 0.15) is 5.56 Å². The quantitative estimate of drug-likeness (QED) is 0.820. The number of rotatable bonds is 4. The van der Waals surface area contributed by atoms with Gasteiger partial charge >= 0.3 is 0 Å². The first kappa shape index (κ1) is 13.4. The molecule has 0 aliphatic carbocycles. The Morgan fingerprint density at radius 3 is 2.82 bits per heavy atom. The highest BCUT2D eigenvalue weighted by molar-refractivity contribution is 9.10. The Balaban J connectivity index is 2.67. The fraction of sp³-hybridized carbons (Fsp3) is 0.0909. The molecule has 4 nitrogen and oxygen atoms in total. The van der Waals surface area contributed by atoms with Crippen molar-refractivity contribution in [3.8, 4) is 0 Å². The maximum atomic E-state index is 13.3. The van der Waals surface area contributed by atoms with Crippen molar-refractivity contribution < 1.29 is 14.0 Å². The van der Waals surface area contributed by atoms with Gasteiger partial charge in [-0.2, -0.15) is 0 Å². The number of benzene rings is 1. The van der Waals surface area contributed by atoms with Crippen LogP contribution < -0.4 is 11.1 Å². The number of nitrogens with two attached hydrogens (primary N) is 1. The number of nitrogens with one attached hydrogen (secondary N) is 1. The van der Waals surface area contributed by atoms with E-state index in [0.29, 0.717) is 4.47 Å². The molecule has 0 saturated carbocycles. The molecule has 0 aromatic heterocycles. The van der Waals surface area contributed by atoms with Gasteiger partial charge in [0.05, 0.1) is 6.54 Å². The molecule has 17 heavy (non-hydrogen) atoms. The summed E-state index contributed by atoms with van der Waals surface area (Å²) in [5.74, 6) is -1.59. The monoisotopic (exact) mass is 300 g/mol. The number of hydrogen-bond donors (Lipinski definition) is 2. The van der Waals surface area contributed by atoms with Crippen molar-refractivity contribution in [2.24, 2.45) is 5.73 Å². The minimum atomic E-state index is -0.639. The molecule has 1 aromatic rings. The van der Waals surface area contributed by atoms with E-state index in [4.69, 9.17) is 5.73 Å². The highest BCUT2D eigenvalue weighted by Gasteiger charge is 2.01. The molecule has 3 N–H and O–H groups in total. The molecule has 6 heteroatoms. The van der Waals surface area contributed by atoms with Crippen LogP contribution >= 0.6 is 15.9 Å². The lowest BCUT2D eigenvalue weighted by Gasteiger charge is -1.99. The van der Waals surface area contributed by atoms with Crippen molar-refractivity contribution in [3.63, 3.8) is 0 Å². The van der Waals surface area contributed by atoms with E-state index in [1.165, 1.54) is 18.2 Å². The Labute approximate surface area is 106 Å². The molecular weight excluding hydrogens is 291 g/mol. The third-order valence-electron chi connectivity index (χ3n) is 1.81. The van der Waals surface area contributed by atoms with Crippen molar-refractivity contribution in [2.45, 2.75) is 0 Å². The average molecular weight is 301 g/mol. The van der Waals surface area contributed by atoms with E-state index in [1.807, 2.05) is 0 Å². The van der Waals surface area contributed by atoms with Gasteiger partial charge in [0.1, 0.15) is 5.82 Å². The van der Waals surface area contributed by atoms with Crippen molar-refractivity contribution >= 4 is 33.8 Å². The van der Waals surface area contributed by atoms with Crippen LogP contribution in [0.25, 0.3) is 6.08 Å². The maximum Gasteiger partial charge on any atom is 0.244 e. The fourth-order valence-electron chi connectivity index (χ4n) is 1.04. The summed E-state index contributed by atoms with van der Waals surface area (Å²) in [5, 5.41) is 2.25. The summed E-state index contributed by atoms with van der Waals surface area (Å²) in [7, 11) is 0. The van der Waals surface area contributed by atoms with Gasteiger partial charge in [-0.1, -0.05) is 15.9 Å². The molecule has 0 heterocycles. The van der Waals surface area contributed by atoms with Crippen LogP contribution in [0, 0.1) is 5.82 Å². The highest BCUT2D eigenvalue weighted by Crippen LogP contribution is 2.16. The molecule has 1 rings (SSSR count). The van der Waals surface area contributed by atoms with E-state index >= 15 is 0 Å². The second kappa shape index (κ2) is 6.15. The topological polar surface area (TPSA) is 72.2 Å². The van der Waals surface area contributed by atoms with Crippen LogP contribution in [0.3, 0.4) is 0 Å². The second-order valence-corrected chi connectivity index (χ2v) is 4.10. The predicted molar refractivity (Wildman–Crippen MR) is 65.3 cm³/mol. The number of carbonyl (C=O) groups is 2. The van der Waals surface area contributed by atoms with Crippen molar-refractivity contribution in [1.29, 1.82) is 0 Å². The van der Waals surface area contributed by atoms with Crippen molar-refractivity contribution in [2.75, 3.05) is 6.54 Å². The van der Waals surface area contributed by atoms with Gasteiger partial charge in [0.2, 0.25) is 11.8 Å². The standard InChI is InChI=1S/C11H10BrFN2O2/c12-8-2-3-9(13)7(5-8)1-4-11(17)15-6-10(14)16/h1-5H,6H2,(H2,14,16)(H,15,17). The third kappa shape index (κ3) is 4.78. The van der Waals surface area contributed by atoms with Crippen LogP contribution in [-0.2, 0) is 9.59 Å². The van der Waals surface area contributed by atoms with E-state index in [-0.39, 0.29) is 12.1 Å². The summed E-state index contributed by atoms with van der Waals surface area (Å²) >= 11 is 3.19. The minimum Gasteiger partial charge on any atom is -0.368 e. The molecule has 0 aliphatic rings. The third-order valence-corrected chi connectivity index (χ3v) is 2.30. The number of carbonyl (C=O) groups excluding carboxylic acids is 2. The van der Waals surface area contributed by atoms with Crippen LogP contribution in [0.5, 0.6) is 0 Å². The fourth-order valence-corrected chi connectivity index (χ4v) is 1.42. The Kier molecular flexibility index (Phi) is 4.84. The van der Waals surface area contributed by atoms with Gasteiger partial charge in [0.15, 0.2) is 0 Å². The summed E-state index contributed by atoms with van der Waals surface area (Å²) in [5.41, 5.74) is 5.12. The molecular formula is C11H10BrFN2O2. The molecule has 0 radical (unpaired) electrons. The predicted octanol–water partition coefficient (Wildman–Crippen LogP) is 1.20. The van der Waals surface area contributed by atoms with Crippen molar-refractivity contribution in [3.05, 3.63) is 40.1 Å². The Morgan fingerprint density at radius 1 is 1.47 bits per heavy atom. The molecule has 1 aromatic carbocycles. The zero-order valence-electron chi connectivity index (χ0n) is 8.74. The van der Waals surface area contributed by atoms with E-state index in [0.717, 1.165) is 6.08 Å². The summed E-state index contributed by atoms with van der Waals surface area (Å²) in [6.45, 7) is -0.246. The zero-order chi connectivity index (χ0) is 12.8. The number of primary amides is 1. The molecule has 0 unspecified atom stereocenters. The van der Waals surface area contributed by atoms with Crippen molar-refractivity contribution in [1.82, 2.24) is 5.32 Å². The van der Waals surface area contributed by atoms with Gasteiger partial charge in [0, 0.05) is 16.1 Å². The Morgan fingerprint density at radius 2 is 2.18 bits per heavy atom. The first-order chi connectivity index (χ1) is 7.99. The summed E-state index contributed by atoms with van der Waals surface area (Å²) in [6.07, 6.45) is 2.45. The highest BCUT2D eigenvalue weighted by atomic mass is 79.9. The zero-order valence-corrected chi connectivity index (χ0v) is 10.3. The minimum absolute atomic E-state index is 0.246. The lowest BCUT2D eigenvalue weighted by atomic mass is 10.2. The summed E-state index contributed by atoms with van der Waals surface area (Å²) < 4.78 is 14.0. The van der Waals surface area contributed by atoms with Gasteiger partial charge in [-0.3, -0.25) is 9.59 Å². The average Bonchev–Trinajstić information content (AvgIpc) is 2.27. The molecule has 0 spiro atoms. The van der Waals surface area contributed by atoms with Crippen LogP contribution in [-0.4, -0.2) is 18.4 Å². The molecule has 90 valence electrons. The first-order valence-electron chi connectivity index (χ1n) is 4.68. The van der Waals surface area contributed by atoms with Crippen LogP contribution in [0.15, 0.2) is 28.7 Å². The van der Waals surface area contributed by atoms with Gasteiger partial charge in [-0.15, -0.1) is 0 Å². The lowest BCUT2D eigenvalue weighted by Crippen LogP contribution is -2.32. The smallest absolute Gasteiger partial charge is 0.244 e. The number of hydrogen-bond acceptors (Lipinski definition) is 2. The summed E-state index contributed by atoms with van der Waals surface area (Å²) in [4.78, 5) is 21.6. The van der Waals surface area contributed by atoms with E-state index in [9.17, 15) is 14.0 Å². The molecule has 0 bridgehead atoms. The van der Waals surface area contributed by atoms with Gasteiger partial charge < -0.3 is 11.1 Å². The first-order valence-corrected chi connectivity index (χ1v) is 5.47. The van der Waals surface area contributed by atoms with Gasteiger partial charge in [0.25, 0.3) is 0 Å². The van der Waals surface area contributed by atoms with Crippen LogP contribution in [0.2, 0.25) is 0 Å². The summed E-state index contributed by atoms with van der Waals surface area (Å²) in [6, 6.07) is 4.37. The number of amides is 2. The van der Waals surface area contributed by atoms with Gasteiger partial charge in [-0.25, -0.2) is 4.39 Å². The SMILES string of the molecule is NC(=O)CNC(=O)C=Cc1cc(Br)ccc1F. The van der Waals surface area contributed by atoms with E-state index in [2.05, 4.69) is 21.2 Å².